The third kappa shape index (κ3) is 2.76. The van der Waals surface area contributed by atoms with E-state index in [4.69, 9.17) is 0 Å². The maximum absolute atomic E-state index is 12.0. The van der Waals surface area contributed by atoms with Crippen LogP contribution in [0.4, 0.5) is 13.2 Å². The van der Waals surface area contributed by atoms with E-state index in [0.29, 0.717) is 6.54 Å². The van der Waals surface area contributed by atoms with Gasteiger partial charge in [0, 0.05) is 12.0 Å². The molecular formula is C12H14F3N. The van der Waals surface area contributed by atoms with Crippen molar-refractivity contribution in [1.82, 2.24) is 5.32 Å². The zero-order chi connectivity index (χ0) is 11.6. The Bertz CT molecular complexity index is 341. The lowest BCUT2D eigenvalue weighted by Crippen LogP contribution is -2.34. The van der Waals surface area contributed by atoms with Gasteiger partial charge < -0.3 is 5.32 Å². The summed E-state index contributed by atoms with van der Waals surface area (Å²) in [4.78, 5) is 0. The van der Waals surface area contributed by atoms with E-state index in [2.05, 4.69) is 5.32 Å². The van der Waals surface area contributed by atoms with Crippen LogP contribution in [0.3, 0.4) is 0 Å². The SMILES string of the molecule is FC(F)(F)CNCC1(c2ccccc2)CC1. The number of hydrogen-bond donors (Lipinski definition) is 1. The van der Waals surface area contributed by atoms with Crippen molar-refractivity contribution in [3.05, 3.63) is 35.9 Å². The highest BCUT2D eigenvalue weighted by Gasteiger charge is 2.44. The summed E-state index contributed by atoms with van der Waals surface area (Å²) in [6.45, 7) is -0.488. The molecule has 0 spiro atoms. The maximum atomic E-state index is 12.0. The summed E-state index contributed by atoms with van der Waals surface area (Å²) in [7, 11) is 0. The Hall–Kier alpha value is -1.03. The van der Waals surface area contributed by atoms with E-state index in [1.54, 1.807) is 0 Å². The number of hydrogen-bond acceptors (Lipinski definition) is 1. The molecule has 0 radical (unpaired) electrons. The number of nitrogens with one attached hydrogen (secondary N) is 1. The second-order valence-electron chi connectivity index (χ2n) is 4.37. The normalized spacial score (nSPS) is 18.4. The largest absolute Gasteiger partial charge is 0.401 e. The molecule has 0 aromatic heterocycles. The van der Waals surface area contributed by atoms with Gasteiger partial charge in [0.05, 0.1) is 6.54 Å². The van der Waals surface area contributed by atoms with Crippen LogP contribution in [0.5, 0.6) is 0 Å². The molecule has 2 rings (SSSR count). The first-order valence-electron chi connectivity index (χ1n) is 5.35. The Morgan fingerprint density at radius 2 is 1.75 bits per heavy atom. The minimum Gasteiger partial charge on any atom is -0.308 e. The molecule has 88 valence electrons. The quantitative estimate of drug-likeness (QED) is 0.837. The van der Waals surface area contributed by atoms with Gasteiger partial charge >= 0.3 is 6.18 Å². The second-order valence-corrected chi connectivity index (χ2v) is 4.37. The summed E-state index contributed by atoms with van der Waals surface area (Å²) in [5.41, 5.74) is 1.09. The molecule has 4 heteroatoms. The highest BCUT2D eigenvalue weighted by atomic mass is 19.4. The van der Waals surface area contributed by atoms with Crippen LogP contribution in [0, 0.1) is 0 Å². The summed E-state index contributed by atoms with van der Waals surface area (Å²) < 4.78 is 36.0. The van der Waals surface area contributed by atoms with E-state index in [-0.39, 0.29) is 5.41 Å². The zero-order valence-electron chi connectivity index (χ0n) is 8.85. The first-order chi connectivity index (χ1) is 7.52. The van der Waals surface area contributed by atoms with Gasteiger partial charge in [-0.2, -0.15) is 13.2 Å². The Morgan fingerprint density at radius 1 is 1.12 bits per heavy atom. The van der Waals surface area contributed by atoms with Gasteiger partial charge in [0.2, 0.25) is 0 Å². The molecule has 0 bridgehead atoms. The van der Waals surface area contributed by atoms with Crippen LogP contribution in [0.1, 0.15) is 18.4 Å². The lowest BCUT2D eigenvalue weighted by Gasteiger charge is -2.17. The average Bonchev–Trinajstić information content (AvgIpc) is 2.99. The predicted octanol–water partition coefficient (Wildman–Crippen LogP) is 2.87. The van der Waals surface area contributed by atoms with Crippen molar-refractivity contribution in [2.45, 2.75) is 24.4 Å². The van der Waals surface area contributed by atoms with E-state index in [1.807, 2.05) is 30.3 Å². The number of rotatable bonds is 4. The van der Waals surface area contributed by atoms with Crippen LogP contribution >= 0.6 is 0 Å². The van der Waals surface area contributed by atoms with Gasteiger partial charge in [-0.1, -0.05) is 30.3 Å². The molecule has 1 saturated carbocycles. The molecule has 1 aliphatic rings. The molecule has 1 nitrogen and oxygen atoms in total. The van der Waals surface area contributed by atoms with Crippen molar-refractivity contribution in [2.75, 3.05) is 13.1 Å². The highest BCUT2D eigenvalue weighted by molar-refractivity contribution is 5.31. The first kappa shape index (κ1) is 11.5. The third-order valence-corrected chi connectivity index (χ3v) is 3.03. The molecule has 1 N–H and O–H groups in total. The lowest BCUT2D eigenvalue weighted by molar-refractivity contribution is -0.124. The van der Waals surface area contributed by atoms with E-state index < -0.39 is 12.7 Å². The van der Waals surface area contributed by atoms with Gasteiger partial charge in [0.25, 0.3) is 0 Å². The van der Waals surface area contributed by atoms with Crippen LogP contribution in [0.15, 0.2) is 30.3 Å². The molecule has 0 unspecified atom stereocenters. The van der Waals surface area contributed by atoms with Crippen molar-refractivity contribution >= 4 is 0 Å². The fourth-order valence-electron chi connectivity index (χ4n) is 1.95. The zero-order valence-corrected chi connectivity index (χ0v) is 8.85. The van der Waals surface area contributed by atoms with Crippen LogP contribution in [-0.4, -0.2) is 19.3 Å². The van der Waals surface area contributed by atoms with Crippen molar-refractivity contribution < 1.29 is 13.2 Å². The van der Waals surface area contributed by atoms with Crippen LogP contribution in [0.25, 0.3) is 0 Å². The van der Waals surface area contributed by atoms with Crippen LogP contribution < -0.4 is 5.32 Å². The fourth-order valence-corrected chi connectivity index (χ4v) is 1.95. The predicted molar refractivity (Wildman–Crippen MR) is 56.3 cm³/mol. The van der Waals surface area contributed by atoms with Crippen LogP contribution in [-0.2, 0) is 5.41 Å². The van der Waals surface area contributed by atoms with Crippen molar-refractivity contribution in [1.29, 1.82) is 0 Å². The Morgan fingerprint density at radius 3 is 2.25 bits per heavy atom. The molecular weight excluding hydrogens is 215 g/mol. The summed E-state index contributed by atoms with van der Waals surface area (Å²) in [5, 5.41) is 2.50. The topological polar surface area (TPSA) is 12.0 Å². The monoisotopic (exact) mass is 229 g/mol. The smallest absolute Gasteiger partial charge is 0.308 e. The van der Waals surface area contributed by atoms with Crippen molar-refractivity contribution in [2.24, 2.45) is 0 Å². The molecule has 1 aromatic carbocycles. The summed E-state index contributed by atoms with van der Waals surface area (Å²) in [6, 6.07) is 9.76. The minimum atomic E-state index is -4.12. The molecule has 0 saturated heterocycles. The molecule has 0 heterocycles. The van der Waals surface area contributed by atoms with Crippen molar-refractivity contribution in [3.8, 4) is 0 Å². The maximum Gasteiger partial charge on any atom is 0.401 e. The average molecular weight is 229 g/mol. The summed E-state index contributed by atoms with van der Waals surface area (Å²) >= 11 is 0. The molecule has 0 aliphatic heterocycles. The summed E-state index contributed by atoms with van der Waals surface area (Å²) in [6.07, 6.45) is -2.17. The van der Waals surface area contributed by atoms with Crippen LogP contribution in [0.2, 0.25) is 0 Å². The molecule has 1 aromatic rings. The highest BCUT2D eigenvalue weighted by Crippen LogP contribution is 2.47. The van der Waals surface area contributed by atoms with E-state index in [0.717, 1.165) is 18.4 Å². The van der Waals surface area contributed by atoms with Gasteiger partial charge in [-0.3, -0.25) is 0 Å². The molecule has 16 heavy (non-hydrogen) atoms. The van der Waals surface area contributed by atoms with E-state index in [1.165, 1.54) is 0 Å². The van der Waals surface area contributed by atoms with Gasteiger partial charge in [-0.05, 0) is 18.4 Å². The number of benzene rings is 1. The lowest BCUT2D eigenvalue weighted by atomic mass is 9.96. The molecule has 1 aliphatic carbocycles. The van der Waals surface area contributed by atoms with Gasteiger partial charge in [0.15, 0.2) is 0 Å². The van der Waals surface area contributed by atoms with Gasteiger partial charge in [-0.15, -0.1) is 0 Å². The Labute approximate surface area is 92.7 Å². The van der Waals surface area contributed by atoms with Gasteiger partial charge in [0.1, 0.15) is 0 Å². The number of alkyl halides is 3. The van der Waals surface area contributed by atoms with E-state index >= 15 is 0 Å². The second kappa shape index (κ2) is 4.09. The molecule has 0 atom stereocenters. The number of halogens is 3. The first-order valence-corrected chi connectivity index (χ1v) is 5.35. The molecule has 1 fully saturated rings. The Balaban J connectivity index is 1.90. The fraction of sp³-hybridized carbons (Fsp3) is 0.500. The van der Waals surface area contributed by atoms with Gasteiger partial charge in [-0.25, -0.2) is 0 Å². The standard InChI is InChI=1S/C12H14F3N/c13-12(14,15)9-16-8-11(6-7-11)10-4-2-1-3-5-10/h1-5,16H,6-9H2. The third-order valence-electron chi connectivity index (χ3n) is 3.03. The summed E-state index contributed by atoms with van der Waals surface area (Å²) in [5.74, 6) is 0. The van der Waals surface area contributed by atoms with E-state index in [9.17, 15) is 13.2 Å². The Kier molecular flexibility index (Phi) is 2.93. The van der Waals surface area contributed by atoms with Crippen molar-refractivity contribution in [3.63, 3.8) is 0 Å². The minimum absolute atomic E-state index is 0.0491. The molecule has 0 amide bonds.